The van der Waals surface area contributed by atoms with Crippen LogP contribution in [0, 0.1) is 0 Å². The highest BCUT2D eigenvalue weighted by atomic mass is 32.2. The minimum atomic E-state index is -4.32. The smallest absolute Gasteiger partial charge is 0.303 e. The highest BCUT2D eigenvalue weighted by molar-refractivity contribution is 7.94. The molecule has 2 aromatic carbocycles. The molecule has 0 saturated carbocycles. The quantitative estimate of drug-likeness (QED) is 0.0211. The van der Waals surface area contributed by atoms with Crippen LogP contribution < -0.4 is 10.2 Å². The molecule has 4 N–H and O–H groups in total. The molecule has 0 fully saturated rings. The number of hydrogen-bond donors (Lipinski definition) is 4. The number of fused-ring (bicyclic) bond motifs is 2. The van der Waals surface area contributed by atoms with Crippen molar-refractivity contribution in [2.45, 2.75) is 93.8 Å². The molecule has 0 radical (unpaired) electrons. The first-order valence-corrected chi connectivity index (χ1v) is 19.9. The first-order valence-electron chi connectivity index (χ1n) is 17.7. The van der Waals surface area contributed by atoms with Crippen LogP contribution in [0.15, 0.2) is 94.4 Å². The molecule has 2 aliphatic heterocycles. The normalized spacial score (nSPS) is 17.1. The molecule has 53 heavy (non-hydrogen) atoms. The SMILES string of the molecule is CCN1\C(=C/C=C/C=C/C=C/C2=[N+](CCCCCC(=O)NCCCC(=O)O)c3ccc(SOOO)cc3C2(C)C)C(C)(C)c2cc(S(=O)(=O)O)ccc21. The van der Waals surface area contributed by atoms with E-state index in [0.717, 1.165) is 76.7 Å². The van der Waals surface area contributed by atoms with Crippen molar-refractivity contribution >= 4 is 51.1 Å². The van der Waals surface area contributed by atoms with Crippen LogP contribution >= 0.6 is 12.0 Å². The van der Waals surface area contributed by atoms with Gasteiger partial charge in [0.15, 0.2) is 5.71 Å². The molecule has 0 bridgehead atoms. The Kier molecular flexibility index (Phi) is 14.4. The second kappa shape index (κ2) is 18.3. The number of carbonyl (C=O) groups is 2. The molecule has 12 nitrogen and oxygen atoms in total. The lowest BCUT2D eigenvalue weighted by Gasteiger charge is -2.25. The zero-order chi connectivity index (χ0) is 38.8. The molecule has 0 unspecified atom stereocenters. The second-order valence-corrected chi connectivity index (χ2v) is 16.1. The van der Waals surface area contributed by atoms with Gasteiger partial charge in [0.05, 0.1) is 22.4 Å². The number of likely N-dealkylation sites (N-methyl/N-ethyl adjacent to an activating group) is 1. The van der Waals surface area contributed by atoms with E-state index in [2.05, 4.69) is 44.1 Å². The topological polar surface area (TPSA) is 166 Å². The molecule has 0 spiro atoms. The number of carboxylic acid groups (broad SMARTS) is 1. The highest BCUT2D eigenvalue weighted by Crippen LogP contribution is 2.48. The van der Waals surface area contributed by atoms with Crippen molar-refractivity contribution < 1.29 is 46.9 Å². The lowest BCUT2D eigenvalue weighted by atomic mass is 9.81. The molecule has 14 heteroatoms. The summed E-state index contributed by atoms with van der Waals surface area (Å²) in [6.45, 7) is 12.2. The lowest BCUT2D eigenvalue weighted by molar-refractivity contribution is -0.438. The van der Waals surface area contributed by atoms with E-state index in [-0.39, 0.29) is 22.6 Å². The highest BCUT2D eigenvalue weighted by Gasteiger charge is 2.44. The van der Waals surface area contributed by atoms with Crippen LogP contribution in [0.2, 0.25) is 0 Å². The lowest BCUT2D eigenvalue weighted by Crippen LogP contribution is -2.28. The number of rotatable bonds is 19. The summed E-state index contributed by atoms with van der Waals surface area (Å²) in [7, 11) is -4.32. The third-order valence-corrected chi connectivity index (χ3v) is 11.1. The van der Waals surface area contributed by atoms with E-state index in [1.54, 1.807) is 12.1 Å². The Bertz CT molecular complexity index is 1930. The number of benzene rings is 2. The van der Waals surface area contributed by atoms with Crippen LogP contribution in [-0.4, -0.2) is 65.1 Å². The predicted molar refractivity (Wildman–Crippen MR) is 206 cm³/mol. The van der Waals surface area contributed by atoms with Gasteiger partial charge in [-0.15, -0.1) is 4.33 Å². The summed E-state index contributed by atoms with van der Waals surface area (Å²) in [6, 6.07) is 10.7. The van der Waals surface area contributed by atoms with E-state index in [9.17, 15) is 22.6 Å². The number of carbonyl (C=O) groups excluding carboxylic acids is 1. The number of amides is 1. The van der Waals surface area contributed by atoms with Gasteiger partial charge in [-0.25, -0.2) is 5.26 Å². The van der Waals surface area contributed by atoms with E-state index in [1.165, 1.54) is 6.07 Å². The molecule has 4 rings (SSSR count). The first-order chi connectivity index (χ1) is 25.1. The summed E-state index contributed by atoms with van der Waals surface area (Å²) in [4.78, 5) is 25.7. The maximum Gasteiger partial charge on any atom is 0.303 e. The standard InChI is InChI=1S/C39H49N3O9S2/c1-6-41-32-23-21-29(53(47,48)49)27-31(32)39(4,5)34(41)16-11-8-7-9-12-17-35-38(2,3)30-26-28(52-51-50-46)20-22-33(30)42(35)25-14-10-13-18-36(43)40-24-15-19-37(44)45/h7-9,11-12,16-17,20-23,26-27H,6,10,13-15,18-19,24-25H2,1-5H3,(H3-,40,43,44,45,46,47,48,49)/p+1. The van der Waals surface area contributed by atoms with E-state index < -0.39 is 21.5 Å². The van der Waals surface area contributed by atoms with Crippen molar-refractivity contribution in [3.8, 4) is 0 Å². The van der Waals surface area contributed by atoms with Gasteiger partial charge in [0, 0.05) is 71.8 Å². The minimum absolute atomic E-state index is 0.0345. The Hall–Kier alpha value is -4.05. The Morgan fingerprint density at radius 3 is 2.36 bits per heavy atom. The molecule has 2 heterocycles. The molecule has 1 amide bonds. The number of hydrogen-bond acceptors (Lipinski definition) is 9. The van der Waals surface area contributed by atoms with Gasteiger partial charge < -0.3 is 15.3 Å². The fourth-order valence-electron chi connectivity index (χ4n) is 6.93. The molecular weight excluding hydrogens is 719 g/mol. The number of carboxylic acids is 1. The van der Waals surface area contributed by atoms with Crippen molar-refractivity contribution in [1.82, 2.24) is 5.32 Å². The van der Waals surface area contributed by atoms with E-state index >= 15 is 0 Å². The summed E-state index contributed by atoms with van der Waals surface area (Å²) in [5.74, 6) is -0.938. The van der Waals surface area contributed by atoms with Gasteiger partial charge in [0.25, 0.3) is 10.1 Å². The fraction of sp³-hybridized carbons (Fsp3) is 0.410. The van der Waals surface area contributed by atoms with Crippen LogP contribution in [0.5, 0.6) is 0 Å². The second-order valence-electron chi connectivity index (χ2n) is 13.9. The van der Waals surface area contributed by atoms with Crippen molar-refractivity contribution in [3.05, 3.63) is 95.8 Å². The van der Waals surface area contributed by atoms with Crippen LogP contribution in [0.1, 0.15) is 84.3 Å². The molecule has 0 aliphatic carbocycles. The summed E-state index contributed by atoms with van der Waals surface area (Å²) in [5, 5.41) is 24.0. The maximum absolute atomic E-state index is 12.2. The van der Waals surface area contributed by atoms with Gasteiger partial charge in [-0.05, 0) is 82.0 Å². The third-order valence-electron chi connectivity index (χ3n) is 9.63. The molecular formula is C39H50N3O9S2+. The third kappa shape index (κ3) is 10.3. The Balaban J connectivity index is 1.46. The summed E-state index contributed by atoms with van der Waals surface area (Å²) in [6.07, 6.45) is 17.2. The Morgan fingerprint density at radius 2 is 1.66 bits per heavy atom. The maximum atomic E-state index is 12.2. The van der Waals surface area contributed by atoms with Gasteiger partial charge >= 0.3 is 5.97 Å². The van der Waals surface area contributed by atoms with E-state index in [1.807, 2.05) is 75.4 Å². The van der Waals surface area contributed by atoms with Crippen LogP contribution in [0.25, 0.3) is 0 Å². The zero-order valence-electron chi connectivity index (χ0n) is 30.9. The number of unbranched alkanes of at least 4 members (excludes halogenated alkanes) is 2. The largest absolute Gasteiger partial charge is 0.481 e. The number of allylic oxidation sites excluding steroid dienone is 8. The molecule has 0 atom stereocenters. The van der Waals surface area contributed by atoms with Crippen molar-refractivity contribution in [3.63, 3.8) is 0 Å². The van der Waals surface area contributed by atoms with Gasteiger partial charge in [-0.3, -0.25) is 14.1 Å². The first kappa shape index (κ1) is 41.7. The average molecular weight is 769 g/mol. The van der Waals surface area contributed by atoms with Crippen molar-refractivity contribution in [2.24, 2.45) is 0 Å². The monoisotopic (exact) mass is 768 g/mol. The summed E-state index contributed by atoms with van der Waals surface area (Å²) >= 11 is 0.917. The minimum Gasteiger partial charge on any atom is -0.481 e. The molecule has 2 aliphatic rings. The van der Waals surface area contributed by atoms with Crippen LogP contribution in [0.4, 0.5) is 11.4 Å². The molecule has 286 valence electrons. The molecule has 0 saturated heterocycles. The van der Waals surface area contributed by atoms with Crippen LogP contribution in [0.3, 0.4) is 0 Å². The molecule has 2 aromatic rings. The average Bonchev–Trinajstić information content (AvgIpc) is 3.45. The van der Waals surface area contributed by atoms with E-state index in [0.29, 0.717) is 25.9 Å². The fourth-order valence-corrected chi connectivity index (χ4v) is 7.84. The van der Waals surface area contributed by atoms with Gasteiger partial charge in [-0.1, -0.05) is 49.3 Å². The predicted octanol–water partition coefficient (Wildman–Crippen LogP) is 7.65. The summed E-state index contributed by atoms with van der Waals surface area (Å²) in [5.41, 5.74) is 5.22. The van der Waals surface area contributed by atoms with E-state index in [4.69, 9.17) is 10.4 Å². The zero-order valence-corrected chi connectivity index (χ0v) is 32.5. The number of aliphatic carboxylic acids is 1. The Morgan fingerprint density at radius 1 is 0.925 bits per heavy atom. The number of nitrogens with zero attached hydrogens (tertiary/aromatic N) is 2. The van der Waals surface area contributed by atoms with Crippen LogP contribution in [-0.2, 0) is 39.9 Å². The van der Waals surface area contributed by atoms with Gasteiger partial charge in [-0.2, -0.15) is 13.0 Å². The van der Waals surface area contributed by atoms with Gasteiger partial charge in [0.1, 0.15) is 6.54 Å². The van der Waals surface area contributed by atoms with Crippen molar-refractivity contribution in [2.75, 3.05) is 24.5 Å². The van der Waals surface area contributed by atoms with Gasteiger partial charge in [0.2, 0.25) is 11.6 Å². The number of anilines is 1. The Labute approximate surface area is 316 Å². The summed E-state index contributed by atoms with van der Waals surface area (Å²) < 4.78 is 40.2. The van der Waals surface area contributed by atoms with Crippen molar-refractivity contribution in [1.29, 1.82) is 0 Å². The molecule has 0 aromatic heterocycles. The number of nitrogens with one attached hydrogen (secondary N) is 1.